The summed E-state index contributed by atoms with van der Waals surface area (Å²) in [6.45, 7) is 2.75. The molecule has 0 saturated heterocycles. The summed E-state index contributed by atoms with van der Waals surface area (Å²) in [5.41, 5.74) is 0.0952. The highest BCUT2D eigenvalue weighted by Gasteiger charge is 2.18. The van der Waals surface area contributed by atoms with Gasteiger partial charge in [0.05, 0.1) is 17.6 Å². The summed E-state index contributed by atoms with van der Waals surface area (Å²) >= 11 is 1.25. The molecule has 0 aliphatic rings. The van der Waals surface area contributed by atoms with Crippen molar-refractivity contribution in [3.05, 3.63) is 54.0 Å². The van der Waals surface area contributed by atoms with Gasteiger partial charge in [0.1, 0.15) is 5.82 Å². The zero-order valence-corrected chi connectivity index (χ0v) is 13.9. The van der Waals surface area contributed by atoms with Crippen molar-refractivity contribution in [3.63, 3.8) is 0 Å². The van der Waals surface area contributed by atoms with Gasteiger partial charge in [-0.05, 0) is 30.7 Å². The van der Waals surface area contributed by atoms with Crippen LogP contribution in [0.25, 0.3) is 11.6 Å². The highest BCUT2D eigenvalue weighted by atomic mass is 32.2. The Morgan fingerprint density at radius 1 is 1.25 bits per heavy atom. The number of hydrogen-bond acceptors (Lipinski definition) is 5. The molecule has 0 aliphatic heterocycles. The molecule has 0 amide bonds. The fraction of sp³-hybridized carbons (Fsp3) is 0.235. The number of aromatic nitrogens is 3. The fourth-order valence-corrected chi connectivity index (χ4v) is 3.15. The average molecular weight is 345 g/mol. The molecule has 0 fully saturated rings. The molecule has 0 N–H and O–H groups in total. The van der Waals surface area contributed by atoms with Crippen LogP contribution in [0.5, 0.6) is 0 Å². The molecule has 0 spiro atoms. The van der Waals surface area contributed by atoms with E-state index in [0.717, 1.165) is 6.42 Å². The van der Waals surface area contributed by atoms with Crippen molar-refractivity contribution in [2.75, 3.05) is 5.75 Å². The summed E-state index contributed by atoms with van der Waals surface area (Å²) in [7, 11) is 0. The molecule has 0 saturated carbocycles. The summed E-state index contributed by atoms with van der Waals surface area (Å²) in [4.78, 5) is 12.2. The van der Waals surface area contributed by atoms with E-state index in [1.165, 1.54) is 23.9 Å². The van der Waals surface area contributed by atoms with Crippen LogP contribution in [0.15, 0.2) is 52.2 Å². The second-order valence-corrected chi connectivity index (χ2v) is 6.07. The van der Waals surface area contributed by atoms with Crippen LogP contribution in [0.4, 0.5) is 4.39 Å². The van der Waals surface area contributed by atoms with Gasteiger partial charge in [-0.2, -0.15) is 0 Å². The summed E-state index contributed by atoms with van der Waals surface area (Å²) in [5.74, 6) is 0.574. The molecule has 0 bridgehead atoms. The third-order valence-electron chi connectivity index (χ3n) is 3.41. The van der Waals surface area contributed by atoms with Crippen molar-refractivity contribution in [3.8, 4) is 11.6 Å². The molecule has 124 valence electrons. The van der Waals surface area contributed by atoms with E-state index in [2.05, 4.69) is 10.2 Å². The number of benzene rings is 1. The number of nitrogens with zero attached hydrogens (tertiary/aromatic N) is 3. The maximum Gasteiger partial charge on any atom is 0.200 e. The molecule has 3 rings (SSSR count). The van der Waals surface area contributed by atoms with E-state index in [4.69, 9.17) is 4.42 Å². The van der Waals surface area contributed by atoms with Crippen molar-refractivity contribution in [1.82, 2.24) is 14.8 Å². The van der Waals surface area contributed by atoms with Crippen LogP contribution >= 0.6 is 11.8 Å². The van der Waals surface area contributed by atoms with Gasteiger partial charge < -0.3 is 4.42 Å². The smallest absolute Gasteiger partial charge is 0.200 e. The number of Topliss-reactive ketones (excluding diaryl/α,β-unsaturated/α-hetero) is 1. The lowest BCUT2D eigenvalue weighted by Gasteiger charge is -2.07. The van der Waals surface area contributed by atoms with E-state index in [9.17, 15) is 9.18 Å². The van der Waals surface area contributed by atoms with Gasteiger partial charge in [0.2, 0.25) is 0 Å². The lowest BCUT2D eigenvalue weighted by Crippen LogP contribution is -2.07. The van der Waals surface area contributed by atoms with Gasteiger partial charge in [0, 0.05) is 6.54 Å². The predicted octanol–water partition coefficient (Wildman–Crippen LogP) is 4.06. The molecule has 0 aliphatic carbocycles. The van der Waals surface area contributed by atoms with Crippen molar-refractivity contribution in [1.29, 1.82) is 0 Å². The zero-order valence-electron chi connectivity index (χ0n) is 13.1. The molecular formula is C17H16FN3O2S. The van der Waals surface area contributed by atoms with Gasteiger partial charge in [0.15, 0.2) is 22.5 Å². The quantitative estimate of drug-likeness (QED) is 0.477. The lowest BCUT2D eigenvalue weighted by atomic mass is 10.1. The molecule has 0 radical (unpaired) electrons. The topological polar surface area (TPSA) is 60.9 Å². The van der Waals surface area contributed by atoms with Gasteiger partial charge in [-0.15, -0.1) is 10.2 Å². The van der Waals surface area contributed by atoms with Gasteiger partial charge in [-0.25, -0.2) is 4.39 Å². The molecule has 24 heavy (non-hydrogen) atoms. The van der Waals surface area contributed by atoms with E-state index < -0.39 is 5.82 Å². The van der Waals surface area contributed by atoms with E-state index in [-0.39, 0.29) is 17.1 Å². The van der Waals surface area contributed by atoms with Crippen LogP contribution in [0.3, 0.4) is 0 Å². The number of furan rings is 1. The Bertz CT molecular complexity index is 830. The molecule has 3 aromatic rings. The Labute approximate surface area is 142 Å². The van der Waals surface area contributed by atoms with E-state index in [1.54, 1.807) is 24.5 Å². The summed E-state index contributed by atoms with van der Waals surface area (Å²) in [6.07, 6.45) is 2.47. The standard InChI is InChI=1S/C17H16FN3O2S/c1-2-9-21-16(15-8-5-10-23-15)19-20-17(21)24-11-14(22)12-6-3-4-7-13(12)18/h3-8,10H,2,9,11H2,1H3. The average Bonchev–Trinajstić information content (AvgIpc) is 3.23. The summed E-state index contributed by atoms with van der Waals surface area (Å²) in [6, 6.07) is 9.59. The van der Waals surface area contributed by atoms with E-state index >= 15 is 0 Å². The predicted molar refractivity (Wildman–Crippen MR) is 89.5 cm³/mol. The molecular weight excluding hydrogens is 329 g/mol. The summed E-state index contributed by atoms with van der Waals surface area (Å²) in [5, 5.41) is 8.93. The van der Waals surface area contributed by atoms with Crippen molar-refractivity contribution in [2.24, 2.45) is 0 Å². The van der Waals surface area contributed by atoms with Gasteiger partial charge in [-0.1, -0.05) is 30.8 Å². The number of carbonyl (C=O) groups is 1. The van der Waals surface area contributed by atoms with E-state index in [0.29, 0.717) is 23.3 Å². The number of thioether (sulfide) groups is 1. The first-order chi connectivity index (χ1) is 11.7. The monoisotopic (exact) mass is 345 g/mol. The van der Waals surface area contributed by atoms with Crippen LogP contribution in [0.1, 0.15) is 23.7 Å². The molecule has 7 heteroatoms. The molecule has 2 aromatic heterocycles. The maximum atomic E-state index is 13.7. The molecule has 2 heterocycles. The fourth-order valence-electron chi connectivity index (χ4n) is 2.30. The first kappa shape index (κ1) is 16.4. The zero-order chi connectivity index (χ0) is 16.9. The Kier molecular flexibility index (Phi) is 5.10. The molecule has 0 atom stereocenters. The number of carbonyl (C=O) groups excluding carboxylic acids is 1. The van der Waals surface area contributed by atoms with Crippen LogP contribution in [-0.2, 0) is 6.54 Å². The van der Waals surface area contributed by atoms with Crippen molar-refractivity contribution in [2.45, 2.75) is 25.0 Å². The first-order valence-corrected chi connectivity index (χ1v) is 8.57. The number of ketones is 1. The maximum absolute atomic E-state index is 13.7. The minimum Gasteiger partial charge on any atom is -0.461 e. The molecule has 5 nitrogen and oxygen atoms in total. The highest BCUT2D eigenvalue weighted by molar-refractivity contribution is 7.99. The minimum atomic E-state index is -0.505. The Morgan fingerprint density at radius 3 is 2.79 bits per heavy atom. The normalized spacial score (nSPS) is 10.9. The minimum absolute atomic E-state index is 0.0952. The Hall–Kier alpha value is -2.41. The van der Waals surface area contributed by atoms with Crippen molar-refractivity contribution >= 4 is 17.5 Å². The molecule has 1 aromatic carbocycles. The second kappa shape index (κ2) is 7.44. The largest absolute Gasteiger partial charge is 0.461 e. The highest BCUT2D eigenvalue weighted by Crippen LogP contribution is 2.25. The van der Waals surface area contributed by atoms with Crippen LogP contribution in [0.2, 0.25) is 0 Å². The number of halogens is 1. The SMILES string of the molecule is CCCn1c(SCC(=O)c2ccccc2F)nnc1-c1ccco1. The Balaban J connectivity index is 1.78. The van der Waals surface area contributed by atoms with Gasteiger partial charge >= 0.3 is 0 Å². The van der Waals surface area contributed by atoms with Crippen molar-refractivity contribution < 1.29 is 13.6 Å². The lowest BCUT2D eigenvalue weighted by molar-refractivity contribution is 0.101. The molecule has 0 unspecified atom stereocenters. The van der Waals surface area contributed by atoms with Crippen LogP contribution in [-0.4, -0.2) is 26.3 Å². The van der Waals surface area contributed by atoms with Crippen LogP contribution in [0, 0.1) is 5.82 Å². The number of hydrogen-bond donors (Lipinski definition) is 0. The third kappa shape index (κ3) is 3.41. The summed E-state index contributed by atoms with van der Waals surface area (Å²) < 4.78 is 21.0. The van der Waals surface area contributed by atoms with Gasteiger partial charge in [0.25, 0.3) is 0 Å². The van der Waals surface area contributed by atoms with Crippen LogP contribution < -0.4 is 0 Å². The Morgan fingerprint density at radius 2 is 2.08 bits per heavy atom. The first-order valence-electron chi connectivity index (χ1n) is 7.58. The van der Waals surface area contributed by atoms with Gasteiger partial charge in [-0.3, -0.25) is 9.36 Å². The second-order valence-electron chi connectivity index (χ2n) is 5.13. The van der Waals surface area contributed by atoms with E-state index in [1.807, 2.05) is 17.6 Å². The number of rotatable bonds is 7. The third-order valence-corrected chi connectivity index (χ3v) is 4.38.